The van der Waals surface area contributed by atoms with Gasteiger partial charge in [-0.25, -0.2) is 0 Å². The first-order valence-corrected chi connectivity index (χ1v) is 20.0. The predicted octanol–water partition coefficient (Wildman–Crippen LogP) is 5.05. The van der Waals surface area contributed by atoms with E-state index in [4.69, 9.17) is 0 Å². The van der Waals surface area contributed by atoms with Gasteiger partial charge in [-0.3, -0.25) is 0 Å². The molecule has 0 aromatic heterocycles. The van der Waals surface area contributed by atoms with Crippen molar-refractivity contribution in [3.63, 3.8) is 0 Å². The first kappa shape index (κ1) is 34.3. The van der Waals surface area contributed by atoms with Crippen molar-refractivity contribution in [3.05, 3.63) is 126 Å². The van der Waals surface area contributed by atoms with Gasteiger partial charge in [0.2, 0.25) is 0 Å². The molecule has 0 radical (unpaired) electrons. The van der Waals surface area contributed by atoms with Gasteiger partial charge in [-0.05, 0) is 0 Å². The quantitative estimate of drug-likeness (QED) is 0.357. The molecular weight excluding hydrogens is 667 g/mol. The summed E-state index contributed by atoms with van der Waals surface area (Å²) in [5, 5.41) is 0. The fourth-order valence-electron chi connectivity index (χ4n) is 7.91. The molecule has 45 heavy (non-hydrogen) atoms. The van der Waals surface area contributed by atoms with Crippen LogP contribution in [0.5, 0.6) is 0 Å². The van der Waals surface area contributed by atoms with Crippen LogP contribution in [0.4, 0.5) is 0 Å². The Bertz CT molecular complexity index is 1790. The topological polar surface area (TPSA) is 0 Å². The van der Waals surface area contributed by atoms with E-state index in [-0.39, 0.29) is 41.1 Å². The smallest absolute Gasteiger partial charge is 1.00 e. The summed E-state index contributed by atoms with van der Waals surface area (Å²) in [5.74, 6) is 0.483. The van der Waals surface area contributed by atoms with Crippen LogP contribution in [0.1, 0.15) is 110 Å². The van der Waals surface area contributed by atoms with Gasteiger partial charge >= 0.3 is 269 Å². The molecule has 0 N–H and O–H groups in total. The molecule has 0 nitrogen and oxygen atoms in total. The maximum atomic E-state index is 2.66. The van der Waals surface area contributed by atoms with Crippen LogP contribution in [0.15, 0.2) is 81.7 Å². The van der Waals surface area contributed by atoms with Crippen molar-refractivity contribution < 1.29 is 46.1 Å². The molecule has 0 aliphatic heterocycles. The summed E-state index contributed by atoms with van der Waals surface area (Å²) in [6.45, 7) is 23.8. The Morgan fingerprint density at radius 2 is 1.24 bits per heavy atom. The molecule has 0 bridgehead atoms. The number of halogens is 2. The van der Waals surface area contributed by atoms with Crippen LogP contribution in [0.3, 0.4) is 0 Å². The summed E-state index contributed by atoms with van der Waals surface area (Å²) in [6, 6.07) is 19.8. The number of benzene rings is 3. The van der Waals surface area contributed by atoms with Gasteiger partial charge in [0.25, 0.3) is 0 Å². The third-order valence-corrected chi connectivity index (χ3v) is 19.3. The Balaban J connectivity index is 0.00000200. The van der Waals surface area contributed by atoms with Gasteiger partial charge in [0.15, 0.2) is 0 Å². The second-order valence-corrected chi connectivity index (χ2v) is 22.5. The van der Waals surface area contributed by atoms with Crippen molar-refractivity contribution in [2.24, 2.45) is 11.3 Å². The van der Waals surface area contributed by atoms with Crippen molar-refractivity contribution in [1.29, 1.82) is 0 Å². The van der Waals surface area contributed by atoms with Crippen molar-refractivity contribution in [3.8, 4) is 11.1 Å². The van der Waals surface area contributed by atoms with Gasteiger partial charge in [-0.2, -0.15) is 0 Å². The summed E-state index contributed by atoms with van der Waals surface area (Å²) in [7, 11) is 0. The number of hydrogen-bond donors (Lipinski definition) is 0. The molecule has 0 saturated carbocycles. The molecule has 0 heterocycles. The van der Waals surface area contributed by atoms with Crippen LogP contribution in [0.2, 0.25) is 0 Å². The SMILES string of the molecule is C/[C](c1ccc(C)cc1)=[Zr+2](/[C]1=CC(C(C)(C)C)=CC1C)[CH]1c2cc3c(cc2-c2cc4c(cc21)C(C)(C)C=C4)C=CC3(C)C.[Cl-].[Cl-]. The predicted molar refractivity (Wildman–Crippen MR) is 184 cm³/mol. The van der Waals surface area contributed by atoms with Gasteiger partial charge in [0.05, 0.1) is 0 Å². The molecule has 3 aromatic rings. The minimum Gasteiger partial charge on any atom is -1.00 e. The summed E-state index contributed by atoms with van der Waals surface area (Å²) in [4.78, 5) is 0. The standard InChI is InChI=1S/C23H21.C10H15.C9H10.2ClH.Zr/c1-22(2)7-5-14-10-18-16(12-20(14)22)9-17-13-21-15(11-19(17)18)6-8-23(21,3)4;1-8-5-6-9(7-8)10(2,3)4;1-3-9-6-4-8(2)5-7-9;;;/h5-13H,1-4H3;6-8H,1-4H3;4-7H,1-2H3;2*1H;/q;;;;;+2/p-2. The van der Waals surface area contributed by atoms with Crippen molar-refractivity contribution >= 4 is 15.4 Å². The average molecular weight is 713 g/mol. The largest absolute Gasteiger partial charge is 1.00 e. The van der Waals surface area contributed by atoms with E-state index in [1.807, 2.05) is 0 Å². The first-order valence-electron chi connectivity index (χ1n) is 16.1. The summed E-state index contributed by atoms with van der Waals surface area (Å²) in [5.41, 5.74) is 16.5. The van der Waals surface area contributed by atoms with Crippen molar-refractivity contribution in [1.82, 2.24) is 0 Å². The average Bonchev–Trinajstić information content (AvgIpc) is 3.65. The molecule has 4 aliphatic rings. The van der Waals surface area contributed by atoms with Crippen LogP contribution in [0.25, 0.3) is 23.3 Å². The Labute approximate surface area is 291 Å². The maximum Gasteiger partial charge on any atom is -1.00 e. The van der Waals surface area contributed by atoms with Crippen molar-refractivity contribution in [2.75, 3.05) is 0 Å². The molecule has 3 heteroatoms. The molecule has 232 valence electrons. The molecule has 0 saturated heterocycles. The van der Waals surface area contributed by atoms with Gasteiger partial charge in [0, 0.05) is 0 Å². The molecule has 1 atom stereocenters. The fraction of sp³-hybridized carbons (Fsp3) is 0.357. The first-order chi connectivity index (χ1) is 20.2. The molecule has 4 aliphatic carbocycles. The van der Waals surface area contributed by atoms with E-state index in [1.54, 1.807) is 17.6 Å². The molecule has 1 unspecified atom stereocenters. The number of fused-ring (bicyclic) bond motifs is 5. The fourth-order valence-corrected chi connectivity index (χ4v) is 16.9. The summed E-state index contributed by atoms with van der Waals surface area (Å²) >= 11 is -2.62. The minimum atomic E-state index is -2.62. The molecule has 3 aromatic carbocycles. The number of rotatable bonds is 3. The van der Waals surface area contributed by atoms with E-state index in [2.05, 4.69) is 154 Å². The normalized spacial score (nSPS) is 20.0. The van der Waals surface area contributed by atoms with E-state index in [0.29, 0.717) is 9.54 Å². The summed E-state index contributed by atoms with van der Waals surface area (Å²) < 4.78 is 3.88. The van der Waals surface area contributed by atoms with Gasteiger partial charge in [-0.15, -0.1) is 0 Å². The Morgan fingerprint density at radius 1 is 0.756 bits per heavy atom. The molecule has 7 rings (SSSR count). The van der Waals surface area contributed by atoms with Crippen LogP contribution in [0, 0.1) is 18.3 Å². The van der Waals surface area contributed by atoms with Gasteiger partial charge in [0.1, 0.15) is 0 Å². The van der Waals surface area contributed by atoms with Crippen LogP contribution in [-0.2, 0) is 32.1 Å². The minimum absolute atomic E-state index is 0. The van der Waals surface area contributed by atoms with E-state index < -0.39 is 21.3 Å². The third kappa shape index (κ3) is 5.54. The van der Waals surface area contributed by atoms with E-state index in [1.165, 1.54) is 50.1 Å². The Hall–Kier alpha value is -2.05. The molecule has 0 spiro atoms. The van der Waals surface area contributed by atoms with E-state index >= 15 is 0 Å². The number of aryl methyl sites for hydroxylation is 1. The maximum absolute atomic E-state index is 2.66. The second-order valence-electron chi connectivity index (χ2n) is 15.8. The van der Waals surface area contributed by atoms with Crippen LogP contribution in [-0.4, -0.2) is 3.21 Å². The Kier molecular flexibility index (Phi) is 8.82. The number of allylic oxidation sites excluding steroid dienone is 6. The molecule has 0 fully saturated rings. The van der Waals surface area contributed by atoms with E-state index in [0.717, 1.165) is 0 Å². The monoisotopic (exact) mass is 710 g/mol. The Morgan fingerprint density at radius 3 is 1.69 bits per heavy atom. The van der Waals surface area contributed by atoms with Gasteiger partial charge < -0.3 is 24.8 Å². The van der Waals surface area contributed by atoms with Crippen LogP contribution < -0.4 is 24.8 Å². The zero-order chi connectivity index (χ0) is 30.6. The summed E-state index contributed by atoms with van der Waals surface area (Å²) in [6.07, 6.45) is 14.8. The second kappa shape index (κ2) is 11.6. The van der Waals surface area contributed by atoms with Crippen LogP contribution >= 0.6 is 0 Å². The van der Waals surface area contributed by atoms with E-state index in [9.17, 15) is 0 Å². The zero-order valence-electron chi connectivity index (χ0n) is 28.5. The molecule has 0 amide bonds. The molecular formula is C42H46Cl2Zr. The zero-order valence-corrected chi connectivity index (χ0v) is 32.5. The van der Waals surface area contributed by atoms with Crippen molar-refractivity contribution in [2.45, 2.75) is 83.7 Å². The van der Waals surface area contributed by atoms with Gasteiger partial charge in [-0.1, -0.05) is 0 Å². The third-order valence-electron chi connectivity index (χ3n) is 10.7. The number of hydrogen-bond acceptors (Lipinski definition) is 0.